The Balaban J connectivity index is 1.80. The molecule has 0 atom stereocenters. The molecule has 2 aromatic rings. The average Bonchev–Trinajstić information content (AvgIpc) is 2.75. The fraction of sp³-hybridized carbons (Fsp3) is 0.385. The molecule has 2 N–H and O–H groups in total. The molecule has 5 heteroatoms. The van der Waals surface area contributed by atoms with Crippen molar-refractivity contribution in [1.82, 2.24) is 20.1 Å². The normalized spacial score (nSPS) is 10.8. The summed E-state index contributed by atoms with van der Waals surface area (Å²) in [6, 6.07) is 5.48. The predicted molar refractivity (Wildman–Crippen MR) is 69.3 cm³/mol. The van der Waals surface area contributed by atoms with E-state index >= 15 is 0 Å². The number of pyridine rings is 1. The van der Waals surface area contributed by atoms with E-state index in [-0.39, 0.29) is 5.75 Å². The van der Waals surface area contributed by atoms with Gasteiger partial charge in [-0.3, -0.25) is 9.67 Å². The molecule has 0 aliphatic heterocycles. The predicted octanol–water partition coefficient (Wildman–Crippen LogP) is 1.16. The Kier molecular flexibility index (Phi) is 3.94. The van der Waals surface area contributed by atoms with Gasteiger partial charge in [0.25, 0.3) is 0 Å². The molecule has 0 spiro atoms. The number of nitrogens with one attached hydrogen (secondary N) is 1. The quantitative estimate of drug-likeness (QED) is 0.777. The molecule has 0 saturated carbocycles. The number of aryl methyl sites for hydroxylation is 2. The van der Waals surface area contributed by atoms with Crippen LogP contribution in [0, 0.1) is 6.92 Å². The van der Waals surface area contributed by atoms with Crippen molar-refractivity contribution in [3.05, 3.63) is 41.5 Å². The fourth-order valence-electron chi connectivity index (χ4n) is 1.75. The van der Waals surface area contributed by atoms with Crippen LogP contribution in [0.4, 0.5) is 0 Å². The van der Waals surface area contributed by atoms with Crippen LogP contribution in [0.25, 0.3) is 0 Å². The molecule has 96 valence electrons. The summed E-state index contributed by atoms with van der Waals surface area (Å²) < 4.78 is 1.79. The second kappa shape index (κ2) is 5.64. The highest BCUT2D eigenvalue weighted by molar-refractivity contribution is 5.27. The summed E-state index contributed by atoms with van der Waals surface area (Å²) in [7, 11) is 1.91. The third kappa shape index (κ3) is 3.30. The van der Waals surface area contributed by atoms with Crippen molar-refractivity contribution >= 4 is 0 Å². The van der Waals surface area contributed by atoms with Gasteiger partial charge < -0.3 is 10.4 Å². The monoisotopic (exact) mass is 246 g/mol. The molecule has 0 unspecified atom stereocenters. The molecular weight excluding hydrogens is 228 g/mol. The molecule has 0 aliphatic carbocycles. The van der Waals surface area contributed by atoms with Crippen molar-refractivity contribution in [2.24, 2.45) is 7.05 Å². The molecular formula is C13H18N4O. The Labute approximate surface area is 106 Å². The Morgan fingerprint density at radius 2 is 2.17 bits per heavy atom. The first kappa shape index (κ1) is 12.6. The minimum Gasteiger partial charge on any atom is -0.506 e. The van der Waals surface area contributed by atoms with Crippen molar-refractivity contribution in [2.75, 3.05) is 6.54 Å². The van der Waals surface area contributed by atoms with Gasteiger partial charge in [-0.15, -0.1) is 0 Å². The topological polar surface area (TPSA) is 63.0 Å². The fourth-order valence-corrected chi connectivity index (χ4v) is 1.75. The summed E-state index contributed by atoms with van der Waals surface area (Å²) in [6.07, 6.45) is 2.80. The molecule has 0 bridgehead atoms. The number of rotatable bonds is 5. The molecule has 0 fully saturated rings. The van der Waals surface area contributed by atoms with Gasteiger partial charge >= 0.3 is 0 Å². The van der Waals surface area contributed by atoms with E-state index in [0.717, 1.165) is 24.4 Å². The Morgan fingerprint density at radius 3 is 2.89 bits per heavy atom. The van der Waals surface area contributed by atoms with Crippen LogP contribution < -0.4 is 5.32 Å². The Hall–Kier alpha value is -1.88. The van der Waals surface area contributed by atoms with Crippen LogP contribution >= 0.6 is 0 Å². The first-order chi connectivity index (χ1) is 8.65. The van der Waals surface area contributed by atoms with Gasteiger partial charge in [-0.25, -0.2) is 0 Å². The van der Waals surface area contributed by atoms with Gasteiger partial charge in [-0.1, -0.05) is 0 Å². The smallest absolute Gasteiger partial charge is 0.138 e. The number of hydrogen-bond donors (Lipinski definition) is 2. The average molecular weight is 246 g/mol. The molecule has 0 aromatic carbocycles. The van der Waals surface area contributed by atoms with Crippen molar-refractivity contribution in [3.63, 3.8) is 0 Å². The van der Waals surface area contributed by atoms with Gasteiger partial charge in [0, 0.05) is 38.4 Å². The van der Waals surface area contributed by atoms with Crippen LogP contribution in [0.2, 0.25) is 0 Å². The lowest BCUT2D eigenvalue weighted by atomic mass is 10.2. The second-order valence-corrected chi connectivity index (χ2v) is 4.33. The van der Waals surface area contributed by atoms with Crippen LogP contribution in [-0.4, -0.2) is 26.4 Å². The summed E-state index contributed by atoms with van der Waals surface area (Å²) in [5, 5.41) is 17.2. The summed E-state index contributed by atoms with van der Waals surface area (Å²) in [6.45, 7) is 3.29. The minimum absolute atomic E-state index is 0.242. The molecule has 5 nitrogen and oxygen atoms in total. The van der Waals surface area contributed by atoms with Crippen LogP contribution in [0.15, 0.2) is 24.4 Å². The second-order valence-electron chi connectivity index (χ2n) is 4.33. The van der Waals surface area contributed by atoms with E-state index in [1.54, 1.807) is 16.8 Å². The van der Waals surface area contributed by atoms with Gasteiger partial charge in [0.1, 0.15) is 5.75 Å². The zero-order valence-corrected chi connectivity index (χ0v) is 10.7. The highest BCUT2D eigenvalue weighted by atomic mass is 16.3. The van der Waals surface area contributed by atoms with Crippen LogP contribution in [0.3, 0.4) is 0 Å². The highest BCUT2D eigenvalue weighted by Gasteiger charge is 2.03. The van der Waals surface area contributed by atoms with Gasteiger partial charge in [0.05, 0.1) is 11.4 Å². The lowest BCUT2D eigenvalue weighted by Crippen LogP contribution is -2.18. The van der Waals surface area contributed by atoms with Gasteiger partial charge in [-0.05, 0) is 25.1 Å². The van der Waals surface area contributed by atoms with E-state index in [1.807, 2.05) is 26.2 Å². The molecule has 0 amide bonds. The zero-order valence-electron chi connectivity index (χ0n) is 10.7. The van der Waals surface area contributed by atoms with Crippen LogP contribution in [-0.2, 0) is 20.0 Å². The number of hydrogen-bond acceptors (Lipinski definition) is 4. The number of aromatic hydroxyl groups is 1. The van der Waals surface area contributed by atoms with E-state index in [1.165, 1.54) is 0 Å². The molecule has 0 saturated heterocycles. The van der Waals surface area contributed by atoms with Crippen LogP contribution in [0.1, 0.15) is 17.1 Å². The summed E-state index contributed by atoms with van der Waals surface area (Å²) in [5.41, 5.74) is 2.66. The van der Waals surface area contributed by atoms with Gasteiger partial charge in [0.15, 0.2) is 0 Å². The largest absolute Gasteiger partial charge is 0.506 e. The van der Waals surface area contributed by atoms with E-state index in [0.29, 0.717) is 12.2 Å². The molecule has 0 aliphatic rings. The van der Waals surface area contributed by atoms with Crippen molar-refractivity contribution < 1.29 is 5.11 Å². The van der Waals surface area contributed by atoms with Crippen molar-refractivity contribution in [3.8, 4) is 5.75 Å². The van der Waals surface area contributed by atoms with Crippen molar-refractivity contribution in [1.29, 1.82) is 0 Å². The summed E-state index contributed by atoms with van der Waals surface area (Å²) in [4.78, 5) is 4.29. The third-order valence-corrected chi connectivity index (χ3v) is 2.71. The first-order valence-electron chi connectivity index (χ1n) is 6.00. The maximum atomic E-state index is 9.64. The molecule has 2 aromatic heterocycles. The molecule has 2 rings (SSSR count). The number of nitrogens with zero attached hydrogens (tertiary/aromatic N) is 3. The molecule has 0 radical (unpaired) electrons. The maximum Gasteiger partial charge on any atom is 0.138 e. The lowest BCUT2D eigenvalue weighted by Gasteiger charge is -2.06. The standard InChI is InChI=1S/C13H18N4O/c1-10-3-4-13(18)12(15-10)9-14-7-5-11-6-8-17(2)16-11/h3-4,6,8,14,18H,5,7,9H2,1-2H3. The summed E-state index contributed by atoms with van der Waals surface area (Å²) in [5.74, 6) is 0.242. The first-order valence-corrected chi connectivity index (χ1v) is 6.00. The molecule has 2 heterocycles. The highest BCUT2D eigenvalue weighted by Crippen LogP contribution is 2.13. The SMILES string of the molecule is Cc1ccc(O)c(CNCCc2ccn(C)n2)n1. The Morgan fingerprint density at radius 1 is 1.33 bits per heavy atom. The molecule has 18 heavy (non-hydrogen) atoms. The minimum atomic E-state index is 0.242. The Bertz CT molecular complexity index is 521. The lowest BCUT2D eigenvalue weighted by molar-refractivity contribution is 0.459. The summed E-state index contributed by atoms with van der Waals surface area (Å²) >= 11 is 0. The van der Waals surface area contributed by atoms with Crippen molar-refractivity contribution in [2.45, 2.75) is 19.9 Å². The van der Waals surface area contributed by atoms with Gasteiger partial charge in [0.2, 0.25) is 0 Å². The van der Waals surface area contributed by atoms with E-state index in [4.69, 9.17) is 0 Å². The van der Waals surface area contributed by atoms with E-state index < -0.39 is 0 Å². The third-order valence-electron chi connectivity index (χ3n) is 2.71. The maximum absolute atomic E-state index is 9.64. The zero-order chi connectivity index (χ0) is 13.0. The van der Waals surface area contributed by atoms with E-state index in [9.17, 15) is 5.11 Å². The van der Waals surface area contributed by atoms with Crippen LogP contribution in [0.5, 0.6) is 5.75 Å². The number of aromatic nitrogens is 3. The van der Waals surface area contributed by atoms with Gasteiger partial charge in [-0.2, -0.15) is 5.10 Å². The van der Waals surface area contributed by atoms with E-state index in [2.05, 4.69) is 15.4 Å².